The molecule has 0 aliphatic carbocycles. The van der Waals surface area contributed by atoms with Crippen molar-refractivity contribution in [2.45, 2.75) is 12.8 Å². The highest BCUT2D eigenvalue weighted by Gasteiger charge is 2.10. The van der Waals surface area contributed by atoms with Crippen molar-refractivity contribution in [3.63, 3.8) is 0 Å². The lowest BCUT2D eigenvalue weighted by Gasteiger charge is -2.18. The van der Waals surface area contributed by atoms with E-state index >= 15 is 0 Å². The van der Waals surface area contributed by atoms with Crippen molar-refractivity contribution in [1.82, 2.24) is 10.2 Å². The molecule has 0 aromatic heterocycles. The van der Waals surface area contributed by atoms with Gasteiger partial charge in [0.2, 0.25) is 5.91 Å². The topological polar surface area (TPSA) is 44.4 Å². The van der Waals surface area contributed by atoms with Crippen LogP contribution in [-0.2, 0) is 4.79 Å². The molecule has 1 aromatic carbocycles. The van der Waals surface area contributed by atoms with Crippen molar-refractivity contribution in [1.29, 1.82) is 0 Å². The van der Waals surface area contributed by atoms with E-state index in [2.05, 4.69) is 15.5 Å². The van der Waals surface area contributed by atoms with E-state index in [1.54, 1.807) is 12.1 Å². The van der Waals surface area contributed by atoms with Gasteiger partial charge in [0.25, 0.3) is 0 Å². The lowest BCUT2D eigenvalue weighted by molar-refractivity contribution is -0.116. The lowest BCUT2D eigenvalue weighted by Crippen LogP contribution is -2.31. The van der Waals surface area contributed by atoms with Crippen LogP contribution in [-0.4, -0.2) is 43.5 Å². The van der Waals surface area contributed by atoms with Crippen LogP contribution in [0.4, 0.5) is 10.1 Å². The first-order valence-corrected chi connectivity index (χ1v) is 6.72. The van der Waals surface area contributed by atoms with Crippen LogP contribution in [0.2, 0.25) is 0 Å². The number of benzene rings is 1. The molecule has 19 heavy (non-hydrogen) atoms. The monoisotopic (exact) mass is 265 g/mol. The smallest absolute Gasteiger partial charge is 0.225 e. The Kier molecular flexibility index (Phi) is 5.30. The van der Waals surface area contributed by atoms with Crippen molar-refractivity contribution in [2.75, 3.05) is 38.0 Å². The van der Waals surface area contributed by atoms with Gasteiger partial charge in [-0.15, -0.1) is 0 Å². The molecule has 0 saturated carbocycles. The van der Waals surface area contributed by atoms with Gasteiger partial charge in [0.15, 0.2) is 0 Å². The van der Waals surface area contributed by atoms with Crippen LogP contribution in [0.1, 0.15) is 12.8 Å². The predicted molar refractivity (Wildman–Crippen MR) is 73.6 cm³/mol. The number of halogens is 1. The Morgan fingerprint density at radius 2 is 2.26 bits per heavy atom. The van der Waals surface area contributed by atoms with E-state index < -0.39 is 0 Å². The molecule has 0 spiro atoms. The molecule has 0 radical (unpaired) electrons. The maximum atomic E-state index is 13.0. The Morgan fingerprint density at radius 1 is 1.37 bits per heavy atom. The van der Waals surface area contributed by atoms with Gasteiger partial charge in [-0.25, -0.2) is 4.39 Å². The molecule has 0 bridgehead atoms. The third-order valence-electron chi connectivity index (χ3n) is 3.20. The van der Waals surface area contributed by atoms with E-state index in [0.29, 0.717) is 12.1 Å². The van der Waals surface area contributed by atoms with Crippen molar-refractivity contribution < 1.29 is 9.18 Å². The van der Waals surface area contributed by atoms with Crippen LogP contribution in [0.25, 0.3) is 0 Å². The third kappa shape index (κ3) is 4.96. The summed E-state index contributed by atoms with van der Waals surface area (Å²) < 4.78 is 13.0. The third-order valence-corrected chi connectivity index (χ3v) is 3.20. The summed E-state index contributed by atoms with van der Waals surface area (Å²) in [6.07, 6.45) is 1.56. The molecule has 2 N–H and O–H groups in total. The average molecular weight is 265 g/mol. The maximum Gasteiger partial charge on any atom is 0.225 e. The zero-order valence-corrected chi connectivity index (χ0v) is 11.0. The van der Waals surface area contributed by atoms with Gasteiger partial charge in [-0.2, -0.15) is 0 Å². The summed E-state index contributed by atoms with van der Waals surface area (Å²) in [4.78, 5) is 14.1. The second-order valence-electron chi connectivity index (χ2n) is 4.75. The lowest BCUT2D eigenvalue weighted by atomic mass is 10.3. The van der Waals surface area contributed by atoms with Crippen LogP contribution >= 0.6 is 0 Å². The van der Waals surface area contributed by atoms with Gasteiger partial charge >= 0.3 is 0 Å². The Hall–Kier alpha value is -1.46. The molecule has 1 saturated heterocycles. The summed E-state index contributed by atoms with van der Waals surface area (Å²) in [7, 11) is 0. The first-order valence-electron chi connectivity index (χ1n) is 6.72. The van der Waals surface area contributed by atoms with E-state index in [9.17, 15) is 9.18 Å². The van der Waals surface area contributed by atoms with E-state index in [4.69, 9.17) is 0 Å². The minimum Gasteiger partial charge on any atom is -0.326 e. The maximum absolute atomic E-state index is 13.0. The van der Waals surface area contributed by atoms with Gasteiger partial charge in [0.1, 0.15) is 5.82 Å². The highest BCUT2D eigenvalue weighted by molar-refractivity contribution is 5.90. The molecule has 1 aliphatic rings. The highest BCUT2D eigenvalue weighted by atomic mass is 19.1. The summed E-state index contributed by atoms with van der Waals surface area (Å²) in [6.45, 7) is 4.79. The fraction of sp³-hybridized carbons (Fsp3) is 0.500. The summed E-state index contributed by atoms with van der Waals surface area (Å²) in [6, 6.07) is 5.97. The number of nitrogens with zero attached hydrogens (tertiary/aromatic N) is 1. The van der Waals surface area contributed by atoms with E-state index in [0.717, 1.165) is 39.1 Å². The van der Waals surface area contributed by atoms with Gasteiger partial charge < -0.3 is 15.5 Å². The molecule has 2 rings (SSSR count). The molecule has 4 nitrogen and oxygen atoms in total. The molecule has 0 unspecified atom stereocenters. The zero-order chi connectivity index (χ0) is 13.5. The molecule has 1 fully saturated rings. The zero-order valence-electron chi connectivity index (χ0n) is 11.0. The Morgan fingerprint density at radius 3 is 3.11 bits per heavy atom. The van der Waals surface area contributed by atoms with E-state index in [1.807, 2.05) is 0 Å². The quantitative estimate of drug-likeness (QED) is 0.866. The SMILES string of the molecule is O=C(CCN1CCCNCC1)Nc1cccc(F)c1. The number of hydrogen-bond donors (Lipinski definition) is 2. The molecule has 1 amide bonds. The van der Waals surface area contributed by atoms with E-state index in [-0.39, 0.29) is 11.7 Å². The Labute approximate surface area is 113 Å². The summed E-state index contributed by atoms with van der Waals surface area (Å²) >= 11 is 0. The van der Waals surface area contributed by atoms with Crippen LogP contribution in [0.5, 0.6) is 0 Å². The summed E-state index contributed by atoms with van der Waals surface area (Å²) in [5.74, 6) is -0.404. The molecule has 1 aromatic rings. The molecular weight excluding hydrogens is 245 g/mol. The fourth-order valence-electron chi connectivity index (χ4n) is 2.17. The minimum absolute atomic E-state index is 0.0668. The molecule has 104 valence electrons. The predicted octanol–water partition coefficient (Wildman–Crippen LogP) is 1.45. The number of nitrogens with one attached hydrogen (secondary N) is 2. The van der Waals surface area contributed by atoms with Crippen LogP contribution < -0.4 is 10.6 Å². The molecule has 5 heteroatoms. The van der Waals surface area contributed by atoms with Gasteiger partial charge in [-0.1, -0.05) is 6.07 Å². The minimum atomic E-state index is -0.337. The normalized spacial score (nSPS) is 16.9. The van der Waals surface area contributed by atoms with Crippen LogP contribution in [0.15, 0.2) is 24.3 Å². The number of carbonyl (C=O) groups is 1. The van der Waals surface area contributed by atoms with Gasteiger partial charge in [-0.05, 0) is 37.7 Å². The molecule has 1 heterocycles. The van der Waals surface area contributed by atoms with Gasteiger partial charge in [0, 0.05) is 31.7 Å². The van der Waals surface area contributed by atoms with E-state index in [1.165, 1.54) is 12.1 Å². The largest absolute Gasteiger partial charge is 0.326 e. The Bertz CT molecular complexity index is 417. The highest BCUT2D eigenvalue weighted by Crippen LogP contribution is 2.09. The number of rotatable bonds is 4. The second-order valence-corrected chi connectivity index (χ2v) is 4.75. The second kappa shape index (κ2) is 7.21. The van der Waals surface area contributed by atoms with Gasteiger partial charge in [-0.3, -0.25) is 4.79 Å². The van der Waals surface area contributed by atoms with Crippen molar-refractivity contribution in [3.05, 3.63) is 30.1 Å². The Balaban J connectivity index is 1.75. The van der Waals surface area contributed by atoms with Crippen LogP contribution in [0.3, 0.4) is 0 Å². The molecular formula is C14H20FN3O. The summed E-state index contributed by atoms with van der Waals surface area (Å²) in [5.41, 5.74) is 0.516. The van der Waals surface area contributed by atoms with Crippen molar-refractivity contribution in [2.24, 2.45) is 0 Å². The van der Waals surface area contributed by atoms with Crippen LogP contribution in [0, 0.1) is 5.82 Å². The van der Waals surface area contributed by atoms with Crippen molar-refractivity contribution >= 4 is 11.6 Å². The molecule has 0 atom stereocenters. The number of anilines is 1. The average Bonchev–Trinajstić information content (AvgIpc) is 2.65. The number of amides is 1. The summed E-state index contributed by atoms with van der Waals surface area (Å²) in [5, 5.41) is 6.04. The standard InChI is InChI=1S/C14H20FN3O/c15-12-3-1-4-13(11-12)17-14(19)5-9-18-8-2-6-16-7-10-18/h1,3-4,11,16H,2,5-10H2,(H,17,19). The number of hydrogen-bond acceptors (Lipinski definition) is 3. The van der Waals surface area contributed by atoms with Gasteiger partial charge in [0.05, 0.1) is 0 Å². The van der Waals surface area contributed by atoms with Crippen molar-refractivity contribution in [3.8, 4) is 0 Å². The molecule has 1 aliphatic heterocycles. The first kappa shape index (κ1) is 14.0. The number of carbonyl (C=O) groups excluding carboxylic acids is 1. The first-order chi connectivity index (χ1) is 9.24. The fourth-order valence-corrected chi connectivity index (χ4v) is 2.17.